The Morgan fingerprint density at radius 2 is 2.19 bits per heavy atom. The topological polar surface area (TPSA) is 60.9 Å². The van der Waals surface area contributed by atoms with Gasteiger partial charge < -0.3 is 14.9 Å². The molecule has 1 unspecified atom stereocenters. The van der Waals surface area contributed by atoms with Gasteiger partial charge in [0.2, 0.25) is 0 Å². The van der Waals surface area contributed by atoms with Crippen LogP contribution in [0.4, 0.5) is 4.79 Å². The second-order valence-corrected chi connectivity index (χ2v) is 4.36. The number of urea groups is 1. The van der Waals surface area contributed by atoms with Crippen LogP contribution in [0.25, 0.3) is 0 Å². The van der Waals surface area contributed by atoms with Gasteiger partial charge in [0.1, 0.15) is 0 Å². The molecule has 0 spiro atoms. The molecule has 1 atom stereocenters. The number of hydrogen-bond donors (Lipinski definition) is 1. The summed E-state index contributed by atoms with van der Waals surface area (Å²) in [5.74, 6) is -0.260. The van der Waals surface area contributed by atoms with Crippen LogP contribution in [0.2, 0.25) is 0 Å². The van der Waals surface area contributed by atoms with Crippen LogP contribution in [-0.4, -0.2) is 53.6 Å². The van der Waals surface area contributed by atoms with Crippen LogP contribution in [0, 0.1) is 5.92 Å². The van der Waals surface area contributed by atoms with E-state index in [1.807, 2.05) is 4.90 Å². The molecule has 1 N–H and O–H groups in total. The highest BCUT2D eigenvalue weighted by Gasteiger charge is 2.26. The second kappa shape index (κ2) is 5.72. The second-order valence-electron chi connectivity index (χ2n) is 4.36. The fraction of sp³-hybridized carbons (Fsp3) is 0.818. The Morgan fingerprint density at radius 3 is 2.69 bits per heavy atom. The van der Waals surface area contributed by atoms with Crippen molar-refractivity contribution in [2.24, 2.45) is 5.92 Å². The van der Waals surface area contributed by atoms with Crippen LogP contribution >= 0.6 is 0 Å². The molecule has 0 aromatic heterocycles. The van der Waals surface area contributed by atoms with Crippen molar-refractivity contribution in [1.82, 2.24) is 9.80 Å². The number of carbonyl (C=O) groups is 2. The molecule has 92 valence electrons. The average Bonchev–Trinajstić information content (AvgIpc) is 2.73. The normalized spacial score (nSPS) is 19.9. The van der Waals surface area contributed by atoms with Gasteiger partial charge in [0, 0.05) is 26.7 Å². The minimum atomic E-state index is -0.868. The van der Waals surface area contributed by atoms with E-state index in [1.165, 1.54) is 4.90 Å². The van der Waals surface area contributed by atoms with E-state index in [2.05, 4.69) is 6.92 Å². The predicted molar refractivity (Wildman–Crippen MR) is 60.2 cm³/mol. The van der Waals surface area contributed by atoms with E-state index < -0.39 is 5.97 Å². The summed E-state index contributed by atoms with van der Waals surface area (Å²) < 4.78 is 0. The highest BCUT2D eigenvalue weighted by Crippen LogP contribution is 2.19. The molecule has 1 aliphatic heterocycles. The zero-order valence-electron chi connectivity index (χ0n) is 9.98. The van der Waals surface area contributed by atoms with Gasteiger partial charge in [-0.15, -0.1) is 0 Å². The SMILES string of the molecule is CCC1CCN(C(=O)N(C)CCC(=O)O)C1. The van der Waals surface area contributed by atoms with Crippen molar-refractivity contribution in [3.63, 3.8) is 0 Å². The molecular formula is C11H20N2O3. The molecule has 0 aromatic carbocycles. The number of carboxylic acid groups (broad SMARTS) is 1. The largest absolute Gasteiger partial charge is 0.481 e. The maximum atomic E-state index is 11.9. The van der Waals surface area contributed by atoms with Gasteiger partial charge in [-0.3, -0.25) is 4.79 Å². The fourth-order valence-electron chi connectivity index (χ4n) is 1.94. The van der Waals surface area contributed by atoms with Gasteiger partial charge in [-0.05, 0) is 12.3 Å². The van der Waals surface area contributed by atoms with Crippen molar-refractivity contribution in [3.8, 4) is 0 Å². The fourth-order valence-corrected chi connectivity index (χ4v) is 1.94. The zero-order valence-corrected chi connectivity index (χ0v) is 9.98. The van der Waals surface area contributed by atoms with Crippen molar-refractivity contribution in [2.75, 3.05) is 26.7 Å². The van der Waals surface area contributed by atoms with Crippen LogP contribution in [-0.2, 0) is 4.79 Å². The van der Waals surface area contributed by atoms with Gasteiger partial charge in [-0.2, -0.15) is 0 Å². The van der Waals surface area contributed by atoms with E-state index in [-0.39, 0.29) is 19.0 Å². The van der Waals surface area contributed by atoms with Crippen molar-refractivity contribution in [2.45, 2.75) is 26.2 Å². The molecule has 0 saturated carbocycles. The van der Waals surface area contributed by atoms with Gasteiger partial charge in [0.15, 0.2) is 0 Å². The number of nitrogens with zero attached hydrogens (tertiary/aromatic N) is 2. The minimum absolute atomic E-state index is 0.00723. The van der Waals surface area contributed by atoms with Gasteiger partial charge in [-0.1, -0.05) is 13.3 Å². The lowest BCUT2D eigenvalue weighted by molar-refractivity contribution is -0.137. The Hall–Kier alpha value is -1.26. The maximum Gasteiger partial charge on any atom is 0.319 e. The Bertz CT molecular complexity index is 268. The van der Waals surface area contributed by atoms with Crippen LogP contribution in [0.3, 0.4) is 0 Å². The van der Waals surface area contributed by atoms with Crippen LogP contribution in [0.5, 0.6) is 0 Å². The third-order valence-corrected chi connectivity index (χ3v) is 3.12. The number of hydrogen-bond acceptors (Lipinski definition) is 2. The Balaban J connectivity index is 2.36. The summed E-state index contributed by atoms with van der Waals surface area (Å²) in [6, 6.07) is -0.0443. The van der Waals surface area contributed by atoms with Gasteiger partial charge >= 0.3 is 12.0 Å². The molecule has 5 heteroatoms. The number of aliphatic carboxylic acids is 1. The molecule has 0 aliphatic carbocycles. The molecule has 1 rings (SSSR count). The van der Waals surface area contributed by atoms with Crippen LogP contribution in [0.1, 0.15) is 26.2 Å². The number of likely N-dealkylation sites (tertiary alicyclic amines) is 1. The quantitative estimate of drug-likeness (QED) is 0.787. The van der Waals surface area contributed by atoms with Crippen LogP contribution in [0.15, 0.2) is 0 Å². The third-order valence-electron chi connectivity index (χ3n) is 3.12. The summed E-state index contributed by atoms with van der Waals surface area (Å²) in [7, 11) is 1.66. The summed E-state index contributed by atoms with van der Waals surface area (Å²) in [5.41, 5.74) is 0. The lowest BCUT2D eigenvalue weighted by Crippen LogP contribution is -2.40. The van der Waals surface area contributed by atoms with E-state index in [0.29, 0.717) is 5.92 Å². The predicted octanol–water partition coefficient (Wildman–Crippen LogP) is 1.24. The number of amides is 2. The highest BCUT2D eigenvalue weighted by atomic mass is 16.4. The van der Waals surface area contributed by atoms with Gasteiger partial charge in [-0.25, -0.2) is 4.79 Å². The van der Waals surface area contributed by atoms with E-state index >= 15 is 0 Å². The van der Waals surface area contributed by atoms with Crippen molar-refractivity contribution in [1.29, 1.82) is 0 Å². The molecule has 1 saturated heterocycles. The molecule has 1 heterocycles. The van der Waals surface area contributed by atoms with E-state index in [1.54, 1.807) is 7.05 Å². The van der Waals surface area contributed by atoms with E-state index in [9.17, 15) is 9.59 Å². The number of carbonyl (C=O) groups excluding carboxylic acids is 1. The van der Waals surface area contributed by atoms with E-state index in [0.717, 1.165) is 25.9 Å². The Kier molecular flexibility index (Phi) is 4.58. The first-order valence-corrected chi connectivity index (χ1v) is 5.76. The monoisotopic (exact) mass is 228 g/mol. The first-order valence-electron chi connectivity index (χ1n) is 5.76. The van der Waals surface area contributed by atoms with Crippen molar-refractivity contribution in [3.05, 3.63) is 0 Å². The average molecular weight is 228 g/mol. The number of carboxylic acids is 1. The molecule has 1 fully saturated rings. The molecule has 0 bridgehead atoms. The molecular weight excluding hydrogens is 208 g/mol. The molecule has 5 nitrogen and oxygen atoms in total. The van der Waals surface area contributed by atoms with E-state index in [4.69, 9.17) is 5.11 Å². The molecule has 16 heavy (non-hydrogen) atoms. The summed E-state index contributed by atoms with van der Waals surface area (Å²) in [6.07, 6.45) is 2.17. The molecule has 0 radical (unpaired) electrons. The summed E-state index contributed by atoms with van der Waals surface area (Å²) in [5, 5.41) is 8.54. The first-order chi connectivity index (χ1) is 7.54. The summed E-state index contributed by atoms with van der Waals surface area (Å²) >= 11 is 0. The third kappa shape index (κ3) is 3.40. The van der Waals surface area contributed by atoms with Crippen molar-refractivity contribution < 1.29 is 14.7 Å². The summed E-state index contributed by atoms with van der Waals surface area (Å²) in [4.78, 5) is 25.6. The Morgan fingerprint density at radius 1 is 1.50 bits per heavy atom. The van der Waals surface area contributed by atoms with Gasteiger partial charge in [0.25, 0.3) is 0 Å². The number of rotatable bonds is 4. The maximum absolute atomic E-state index is 11.9. The molecule has 2 amide bonds. The van der Waals surface area contributed by atoms with Crippen LogP contribution < -0.4 is 0 Å². The molecule has 0 aromatic rings. The zero-order chi connectivity index (χ0) is 12.1. The summed E-state index contributed by atoms with van der Waals surface area (Å²) in [6.45, 7) is 4.02. The Labute approximate surface area is 96.0 Å². The smallest absolute Gasteiger partial charge is 0.319 e. The van der Waals surface area contributed by atoms with Crippen molar-refractivity contribution >= 4 is 12.0 Å². The highest BCUT2D eigenvalue weighted by molar-refractivity contribution is 5.75. The lowest BCUT2D eigenvalue weighted by Gasteiger charge is -2.24. The molecule has 1 aliphatic rings. The van der Waals surface area contributed by atoms with Gasteiger partial charge in [0.05, 0.1) is 6.42 Å². The lowest BCUT2D eigenvalue weighted by atomic mass is 10.1. The first kappa shape index (κ1) is 12.8. The standard InChI is InChI=1S/C11H20N2O3/c1-3-9-4-7-13(8-9)11(16)12(2)6-5-10(14)15/h9H,3-8H2,1-2H3,(H,14,15). The minimum Gasteiger partial charge on any atom is -0.481 e.